The molecule has 1 rings (SSSR count). The maximum absolute atomic E-state index is 10.4. The van der Waals surface area contributed by atoms with Crippen LogP contribution >= 0.6 is 0 Å². The van der Waals surface area contributed by atoms with Crippen molar-refractivity contribution in [1.82, 2.24) is 0 Å². The Morgan fingerprint density at radius 1 is 1.62 bits per heavy atom. The van der Waals surface area contributed by atoms with Crippen LogP contribution in [-0.4, -0.2) is 36.0 Å². The third-order valence-electron chi connectivity index (χ3n) is 2.16. The minimum atomic E-state index is -0.778. The molecule has 4 nitrogen and oxygen atoms in total. The normalized spacial score (nSPS) is 31.2. The maximum atomic E-state index is 10.4. The molecule has 0 bridgehead atoms. The van der Waals surface area contributed by atoms with E-state index in [1.165, 1.54) is 0 Å². The van der Waals surface area contributed by atoms with E-state index < -0.39 is 23.9 Å². The van der Waals surface area contributed by atoms with Gasteiger partial charge < -0.3 is 19.4 Å². The number of hydrogen-bond donors (Lipinski definition) is 1. The summed E-state index contributed by atoms with van der Waals surface area (Å²) in [6, 6.07) is 0. The zero-order valence-electron chi connectivity index (χ0n) is 8.19. The summed E-state index contributed by atoms with van der Waals surface area (Å²) in [5.74, 6) is -1.06. The molecule has 0 radical (unpaired) electrons. The van der Waals surface area contributed by atoms with E-state index in [2.05, 4.69) is 0 Å². The molecule has 13 heavy (non-hydrogen) atoms. The van der Waals surface area contributed by atoms with Gasteiger partial charge in [0.15, 0.2) is 5.79 Å². The Labute approximate surface area is 77.8 Å². The monoisotopic (exact) mass is 188 g/mol. The molecular formula is C9H16O4. The molecule has 1 aliphatic heterocycles. The summed E-state index contributed by atoms with van der Waals surface area (Å²) in [7, 11) is 0. The van der Waals surface area contributed by atoms with Crippen LogP contribution in [0.15, 0.2) is 0 Å². The van der Waals surface area contributed by atoms with Crippen LogP contribution in [0.5, 0.6) is 0 Å². The first-order valence-electron chi connectivity index (χ1n) is 4.41. The van der Waals surface area contributed by atoms with E-state index >= 15 is 0 Å². The second kappa shape index (κ2) is 3.74. The van der Waals surface area contributed by atoms with Crippen molar-refractivity contribution in [2.24, 2.45) is 5.92 Å². The maximum Gasteiger partial charge on any atom is 0.163 e. The van der Waals surface area contributed by atoms with Gasteiger partial charge in [0, 0.05) is 5.92 Å². The number of aldehydes is 1. The Morgan fingerprint density at radius 3 is 2.62 bits per heavy atom. The largest absolute Gasteiger partial charge is 0.390 e. The van der Waals surface area contributed by atoms with Crippen LogP contribution in [0.1, 0.15) is 20.8 Å². The van der Waals surface area contributed by atoms with Gasteiger partial charge in [0.2, 0.25) is 0 Å². The molecule has 1 heterocycles. The van der Waals surface area contributed by atoms with Gasteiger partial charge >= 0.3 is 0 Å². The van der Waals surface area contributed by atoms with Gasteiger partial charge in [-0.05, 0) is 13.8 Å². The predicted molar refractivity (Wildman–Crippen MR) is 46.1 cm³/mol. The van der Waals surface area contributed by atoms with Crippen LogP contribution in [0, 0.1) is 5.92 Å². The van der Waals surface area contributed by atoms with E-state index in [9.17, 15) is 9.90 Å². The van der Waals surface area contributed by atoms with E-state index in [0.29, 0.717) is 6.61 Å². The zero-order valence-corrected chi connectivity index (χ0v) is 8.19. The Morgan fingerprint density at radius 2 is 2.23 bits per heavy atom. The van der Waals surface area contributed by atoms with Gasteiger partial charge in [0.05, 0.1) is 12.7 Å². The quantitative estimate of drug-likeness (QED) is 0.649. The number of aliphatic hydroxyl groups is 1. The summed E-state index contributed by atoms with van der Waals surface area (Å²) in [6.07, 6.45) is -0.450. The number of carbonyl (C=O) groups excluding carboxylic acids is 1. The third-order valence-corrected chi connectivity index (χ3v) is 2.16. The fourth-order valence-corrected chi connectivity index (χ4v) is 1.30. The van der Waals surface area contributed by atoms with Crippen molar-refractivity contribution in [3.8, 4) is 0 Å². The van der Waals surface area contributed by atoms with Crippen molar-refractivity contribution in [3.05, 3.63) is 0 Å². The first-order valence-corrected chi connectivity index (χ1v) is 4.41. The minimum Gasteiger partial charge on any atom is -0.390 e. The summed E-state index contributed by atoms with van der Waals surface area (Å²) in [5, 5.41) is 9.61. The smallest absolute Gasteiger partial charge is 0.163 e. The van der Waals surface area contributed by atoms with E-state index in [4.69, 9.17) is 9.47 Å². The number of rotatable bonds is 3. The van der Waals surface area contributed by atoms with Crippen molar-refractivity contribution in [1.29, 1.82) is 0 Å². The van der Waals surface area contributed by atoms with E-state index in [0.717, 1.165) is 6.29 Å². The Bertz CT molecular complexity index is 190. The molecule has 1 N–H and O–H groups in total. The minimum absolute atomic E-state index is 0.340. The highest BCUT2D eigenvalue weighted by atomic mass is 16.7. The molecule has 4 heteroatoms. The molecule has 0 unspecified atom stereocenters. The topological polar surface area (TPSA) is 55.8 Å². The highest BCUT2D eigenvalue weighted by Crippen LogP contribution is 2.25. The van der Waals surface area contributed by atoms with Crippen molar-refractivity contribution in [2.75, 3.05) is 6.61 Å². The van der Waals surface area contributed by atoms with Crippen LogP contribution < -0.4 is 0 Å². The molecule has 0 aromatic rings. The summed E-state index contributed by atoms with van der Waals surface area (Å²) in [5.41, 5.74) is 0. The van der Waals surface area contributed by atoms with E-state index in [1.807, 2.05) is 0 Å². The van der Waals surface area contributed by atoms with Crippen LogP contribution in [0.3, 0.4) is 0 Å². The third kappa shape index (κ3) is 2.49. The molecule has 1 fully saturated rings. The number of carbonyl (C=O) groups is 1. The lowest BCUT2D eigenvalue weighted by Gasteiger charge is -2.21. The summed E-state index contributed by atoms with van der Waals surface area (Å²) >= 11 is 0. The second-order valence-corrected chi connectivity index (χ2v) is 3.85. The van der Waals surface area contributed by atoms with Crippen LogP contribution in [-0.2, 0) is 14.3 Å². The molecule has 0 saturated carbocycles. The average Bonchev–Trinajstić information content (AvgIpc) is 2.43. The van der Waals surface area contributed by atoms with E-state index in [1.54, 1.807) is 20.8 Å². The van der Waals surface area contributed by atoms with Crippen LogP contribution in [0.4, 0.5) is 0 Å². The first-order chi connectivity index (χ1) is 5.96. The second-order valence-electron chi connectivity index (χ2n) is 3.85. The molecule has 0 aromatic heterocycles. The molecule has 0 spiro atoms. The Hall–Kier alpha value is -0.450. The zero-order chi connectivity index (χ0) is 10.1. The van der Waals surface area contributed by atoms with Crippen LogP contribution in [0.2, 0.25) is 0 Å². The fraction of sp³-hybridized carbons (Fsp3) is 0.889. The SMILES string of the molecule is C[C@@H](C=O)[C@H](O)[C@H]1COC(C)(C)O1. The first kappa shape index (κ1) is 10.6. The van der Waals surface area contributed by atoms with Crippen molar-refractivity contribution >= 4 is 6.29 Å². The lowest BCUT2D eigenvalue weighted by atomic mass is 10.0. The molecule has 1 saturated heterocycles. The molecule has 0 amide bonds. The summed E-state index contributed by atoms with van der Waals surface area (Å²) in [4.78, 5) is 10.4. The van der Waals surface area contributed by atoms with Crippen LogP contribution in [0.25, 0.3) is 0 Å². The number of aliphatic hydroxyl groups excluding tert-OH is 1. The van der Waals surface area contributed by atoms with Gasteiger partial charge in [-0.3, -0.25) is 0 Å². The lowest BCUT2D eigenvalue weighted by molar-refractivity contribution is -0.156. The number of ether oxygens (including phenoxy) is 2. The molecule has 0 aliphatic carbocycles. The van der Waals surface area contributed by atoms with Gasteiger partial charge in [0.1, 0.15) is 12.4 Å². The average molecular weight is 188 g/mol. The standard InChI is InChI=1S/C9H16O4/c1-6(4-10)8(11)7-5-12-9(2,3)13-7/h4,6-8,11H,5H2,1-3H3/t6-,7+,8-/m0/s1. The molecular weight excluding hydrogens is 172 g/mol. The highest BCUT2D eigenvalue weighted by Gasteiger charge is 2.38. The molecule has 76 valence electrons. The predicted octanol–water partition coefficient (Wildman–Crippen LogP) is 0.334. The van der Waals surface area contributed by atoms with Gasteiger partial charge in [-0.25, -0.2) is 0 Å². The summed E-state index contributed by atoms with van der Waals surface area (Å²) in [6.45, 7) is 5.56. The molecule has 0 aromatic carbocycles. The van der Waals surface area contributed by atoms with Crippen molar-refractivity contribution in [2.45, 2.75) is 38.8 Å². The van der Waals surface area contributed by atoms with Gasteiger partial charge in [-0.1, -0.05) is 6.92 Å². The molecule has 3 atom stereocenters. The van der Waals surface area contributed by atoms with Gasteiger partial charge in [0.25, 0.3) is 0 Å². The van der Waals surface area contributed by atoms with Gasteiger partial charge in [-0.2, -0.15) is 0 Å². The van der Waals surface area contributed by atoms with Gasteiger partial charge in [-0.15, -0.1) is 0 Å². The lowest BCUT2D eigenvalue weighted by Crippen LogP contribution is -2.36. The highest BCUT2D eigenvalue weighted by molar-refractivity contribution is 5.53. The van der Waals surface area contributed by atoms with E-state index in [-0.39, 0.29) is 0 Å². The Kier molecular flexibility index (Phi) is 3.05. The van der Waals surface area contributed by atoms with Crippen molar-refractivity contribution in [3.63, 3.8) is 0 Å². The van der Waals surface area contributed by atoms with Crippen molar-refractivity contribution < 1.29 is 19.4 Å². The molecule has 1 aliphatic rings. The fourth-order valence-electron chi connectivity index (χ4n) is 1.30. The summed E-state index contributed by atoms with van der Waals surface area (Å²) < 4.78 is 10.7. The number of hydrogen-bond acceptors (Lipinski definition) is 4. The Balaban J connectivity index is 2.51.